The van der Waals surface area contributed by atoms with E-state index in [9.17, 15) is 9.59 Å². The molecule has 2 aromatic carbocycles. The molecule has 1 fully saturated rings. The van der Waals surface area contributed by atoms with Gasteiger partial charge in [0.2, 0.25) is 11.8 Å². The van der Waals surface area contributed by atoms with Crippen LogP contribution in [0, 0.1) is 0 Å². The first-order chi connectivity index (χ1) is 22.4. The number of rotatable bonds is 15. The molecule has 0 saturated heterocycles. The van der Waals surface area contributed by atoms with Crippen molar-refractivity contribution in [2.24, 2.45) is 0 Å². The summed E-state index contributed by atoms with van der Waals surface area (Å²) in [4.78, 5) is 35.8. The van der Waals surface area contributed by atoms with Gasteiger partial charge in [-0.05, 0) is 81.6 Å². The third kappa shape index (κ3) is 9.60. The van der Waals surface area contributed by atoms with Gasteiger partial charge in [-0.2, -0.15) is 0 Å². The van der Waals surface area contributed by atoms with Crippen LogP contribution in [0.25, 0.3) is 0 Å². The molecule has 0 N–H and O–H groups in total. The second kappa shape index (κ2) is 15.9. The third-order valence-corrected chi connectivity index (χ3v) is 10.7. The molecule has 0 bridgehead atoms. The zero-order valence-electron chi connectivity index (χ0n) is 28.5. The minimum Gasteiger partial charge on any atom is -0.483 e. The topological polar surface area (TPSA) is 56.3 Å². The molecule has 47 heavy (non-hydrogen) atoms. The lowest BCUT2D eigenvalue weighted by molar-refractivity contribution is -0.870. The van der Waals surface area contributed by atoms with Gasteiger partial charge in [0.25, 0.3) is 0 Å². The van der Waals surface area contributed by atoms with Gasteiger partial charge in [-0.3, -0.25) is 9.59 Å². The summed E-state index contributed by atoms with van der Waals surface area (Å²) < 4.78 is 7.23. The van der Waals surface area contributed by atoms with Crippen molar-refractivity contribution in [1.82, 2.24) is 9.80 Å². The van der Waals surface area contributed by atoms with Crippen LogP contribution >= 0.6 is 35.0 Å². The van der Waals surface area contributed by atoms with Crippen molar-refractivity contribution in [2.45, 2.75) is 55.9 Å². The maximum absolute atomic E-state index is 13.9. The summed E-state index contributed by atoms with van der Waals surface area (Å²) in [5, 5.41) is 2.42. The maximum Gasteiger partial charge on any atom is 0.244 e. The highest BCUT2D eigenvalue weighted by Gasteiger charge is 2.40. The summed E-state index contributed by atoms with van der Waals surface area (Å²) in [5.74, 6) is 0.597. The monoisotopic (exact) mass is 702 g/mol. The van der Waals surface area contributed by atoms with Gasteiger partial charge >= 0.3 is 0 Å². The Bertz CT molecular complexity index is 1440. The minimum atomic E-state index is -0.482. The molecule has 2 atom stereocenters. The van der Waals surface area contributed by atoms with E-state index in [2.05, 4.69) is 51.1 Å². The molecule has 2 aromatic rings. The van der Waals surface area contributed by atoms with Gasteiger partial charge in [-0.15, -0.1) is 11.8 Å². The number of quaternary nitrogens is 1. The fourth-order valence-electron chi connectivity index (χ4n) is 6.29. The number of benzene rings is 2. The van der Waals surface area contributed by atoms with Gasteiger partial charge in [-0.25, -0.2) is 0 Å². The lowest BCUT2D eigenvalue weighted by Gasteiger charge is -2.39. The number of carbonyl (C=O) groups is 2. The minimum absolute atomic E-state index is 0.0295. The first kappa shape index (κ1) is 35.9. The summed E-state index contributed by atoms with van der Waals surface area (Å²) in [6.07, 6.45) is 6.60. The standard InChI is InChI=1S/C36H50Cl2N5O3S/c1-39(2)17-8-18-40(19-9-22-43(3,4)5)34(44)15-12-26-24-29(38)33(25-28(26)37)46-32-16-23-47-35(32)36(45)42-21-20-41(27-13-14-27)30-10-6-7-11-31(30)42/h6-7,10-11,16,23-25,27,32,35H,8-9,12-15,17-22H2,1-5H3/q+1. The Morgan fingerprint density at radius 3 is 2.40 bits per heavy atom. The van der Waals surface area contributed by atoms with Gasteiger partial charge in [0.05, 0.1) is 44.1 Å². The second-order valence-electron chi connectivity index (χ2n) is 14.1. The van der Waals surface area contributed by atoms with E-state index >= 15 is 0 Å². The van der Waals surface area contributed by atoms with Crippen LogP contribution in [-0.4, -0.2) is 118 Å². The lowest BCUT2D eigenvalue weighted by atomic mass is 10.1. The number of hydrogen-bond acceptors (Lipinski definition) is 6. The molecule has 11 heteroatoms. The van der Waals surface area contributed by atoms with Crippen LogP contribution in [0.15, 0.2) is 47.9 Å². The molecule has 5 rings (SSSR count). The Kier molecular flexibility index (Phi) is 12.1. The summed E-state index contributed by atoms with van der Waals surface area (Å²) in [7, 11) is 10.6. The highest BCUT2D eigenvalue weighted by atomic mass is 35.5. The van der Waals surface area contributed by atoms with Crippen molar-refractivity contribution in [2.75, 3.05) is 84.3 Å². The predicted molar refractivity (Wildman–Crippen MR) is 196 cm³/mol. The van der Waals surface area contributed by atoms with Crippen molar-refractivity contribution in [3.63, 3.8) is 0 Å². The SMILES string of the molecule is CN(C)CCCN(CCC[N+](C)(C)C)C(=O)CCc1cc(Cl)c(OC2C=CSC2C(=O)N2CCN(C3CC3)c3ccccc32)cc1Cl. The summed E-state index contributed by atoms with van der Waals surface area (Å²) in [5.41, 5.74) is 2.91. The Hall–Kier alpha value is -2.43. The number of carbonyl (C=O) groups excluding carboxylic acids is 2. The van der Waals surface area contributed by atoms with Crippen LogP contribution in [-0.2, 0) is 16.0 Å². The quantitative estimate of drug-likeness (QED) is 0.206. The maximum atomic E-state index is 13.9. The van der Waals surface area contributed by atoms with E-state index in [1.165, 1.54) is 24.6 Å². The number of amides is 2. The molecule has 2 aliphatic heterocycles. The van der Waals surface area contributed by atoms with Crippen LogP contribution in [0.1, 0.15) is 37.7 Å². The number of anilines is 2. The Morgan fingerprint density at radius 1 is 0.979 bits per heavy atom. The molecule has 0 aromatic heterocycles. The molecule has 2 amide bonds. The highest BCUT2D eigenvalue weighted by Crippen LogP contribution is 2.42. The van der Waals surface area contributed by atoms with Crippen LogP contribution < -0.4 is 14.5 Å². The molecule has 0 spiro atoms. The molecule has 0 radical (unpaired) electrons. The summed E-state index contributed by atoms with van der Waals surface area (Å²) in [6, 6.07) is 12.3. The van der Waals surface area contributed by atoms with Gasteiger partial charge in [0.15, 0.2) is 0 Å². The second-order valence-corrected chi connectivity index (χ2v) is 16.0. The number of halogens is 2. The smallest absolute Gasteiger partial charge is 0.244 e. The fraction of sp³-hybridized carbons (Fsp3) is 0.556. The summed E-state index contributed by atoms with van der Waals surface area (Å²) in [6.45, 7) is 4.92. The number of ether oxygens (including phenoxy) is 1. The van der Waals surface area contributed by atoms with Gasteiger partial charge < -0.3 is 28.8 Å². The summed E-state index contributed by atoms with van der Waals surface area (Å²) >= 11 is 15.0. The van der Waals surface area contributed by atoms with Crippen molar-refractivity contribution >= 4 is 58.2 Å². The normalized spacial score (nSPS) is 19.3. The number of hydrogen-bond donors (Lipinski definition) is 0. The first-order valence-electron chi connectivity index (χ1n) is 16.8. The van der Waals surface area contributed by atoms with Crippen molar-refractivity contribution in [3.05, 3.63) is 63.5 Å². The molecule has 3 aliphatic rings. The van der Waals surface area contributed by atoms with E-state index in [0.29, 0.717) is 41.2 Å². The molecule has 1 aliphatic carbocycles. The zero-order valence-corrected chi connectivity index (χ0v) is 30.8. The molecule has 2 heterocycles. The molecule has 256 valence electrons. The van der Waals surface area contributed by atoms with E-state index < -0.39 is 11.4 Å². The number of fused-ring (bicyclic) bond motifs is 1. The highest BCUT2D eigenvalue weighted by molar-refractivity contribution is 8.03. The third-order valence-electron chi connectivity index (χ3n) is 8.95. The number of nitrogens with zero attached hydrogens (tertiary/aromatic N) is 5. The van der Waals surface area contributed by atoms with Crippen LogP contribution in [0.5, 0.6) is 5.75 Å². The van der Waals surface area contributed by atoms with Crippen molar-refractivity contribution < 1.29 is 18.8 Å². The van der Waals surface area contributed by atoms with Crippen molar-refractivity contribution in [3.8, 4) is 5.75 Å². The van der Waals surface area contributed by atoms with E-state index in [-0.39, 0.29) is 11.8 Å². The van der Waals surface area contributed by atoms with E-state index in [1.807, 2.05) is 39.5 Å². The van der Waals surface area contributed by atoms with E-state index in [0.717, 1.165) is 67.0 Å². The first-order valence-corrected chi connectivity index (χ1v) is 18.5. The molecule has 1 saturated carbocycles. The lowest BCUT2D eigenvalue weighted by Crippen LogP contribution is -2.50. The zero-order chi connectivity index (χ0) is 33.7. The molecular weight excluding hydrogens is 653 g/mol. The van der Waals surface area contributed by atoms with Gasteiger partial charge in [0, 0.05) is 56.2 Å². The van der Waals surface area contributed by atoms with Crippen LogP contribution in [0.2, 0.25) is 10.0 Å². The van der Waals surface area contributed by atoms with Crippen LogP contribution in [0.3, 0.4) is 0 Å². The number of thioether (sulfide) groups is 1. The average Bonchev–Trinajstić information content (AvgIpc) is 3.77. The number of aryl methyl sites for hydroxylation is 1. The Morgan fingerprint density at radius 2 is 1.70 bits per heavy atom. The van der Waals surface area contributed by atoms with Gasteiger partial charge in [-0.1, -0.05) is 35.3 Å². The molecular formula is C36H50Cl2N5O3S+. The number of para-hydroxylation sites is 2. The van der Waals surface area contributed by atoms with Crippen LogP contribution in [0.4, 0.5) is 11.4 Å². The predicted octanol–water partition coefficient (Wildman–Crippen LogP) is 6.19. The molecule has 2 unspecified atom stereocenters. The van der Waals surface area contributed by atoms with Gasteiger partial charge in [0.1, 0.15) is 17.1 Å². The molecule has 8 nitrogen and oxygen atoms in total. The van der Waals surface area contributed by atoms with E-state index in [4.69, 9.17) is 27.9 Å². The van der Waals surface area contributed by atoms with Crippen molar-refractivity contribution in [1.29, 1.82) is 0 Å². The fourth-order valence-corrected chi connectivity index (χ4v) is 7.73. The van der Waals surface area contributed by atoms with E-state index in [1.54, 1.807) is 12.1 Å². The Balaban J connectivity index is 1.20. The Labute approximate surface area is 295 Å². The largest absolute Gasteiger partial charge is 0.483 e. The average molecular weight is 704 g/mol.